The van der Waals surface area contributed by atoms with E-state index < -0.39 is 11.9 Å². The molecule has 0 aromatic heterocycles. The summed E-state index contributed by atoms with van der Waals surface area (Å²) in [6.45, 7) is 1.50. The number of hydrogen-bond acceptors (Lipinski definition) is 4. The third-order valence-corrected chi connectivity index (χ3v) is 5.88. The van der Waals surface area contributed by atoms with Crippen LogP contribution in [0.2, 0.25) is 5.02 Å². The number of aliphatic carboxylic acids is 1. The van der Waals surface area contributed by atoms with Gasteiger partial charge in [0.15, 0.2) is 0 Å². The van der Waals surface area contributed by atoms with Gasteiger partial charge in [-0.25, -0.2) is 0 Å². The van der Waals surface area contributed by atoms with Crippen LogP contribution >= 0.6 is 23.4 Å². The maximum absolute atomic E-state index is 11.6. The molecule has 160 valence electrons. The van der Waals surface area contributed by atoms with Gasteiger partial charge >= 0.3 is 5.97 Å². The first-order chi connectivity index (χ1) is 14.9. The van der Waals surface area contributed by atoms with Crippen molar-refractivity contribution in [2.45, 2.75) is 11.8 Å². The zero-order chi connectivity index (χ0) is 22.2. The number of rotatable bonds is 9. The zero-order valence-corrected chi connectivity index (χ0v) is 18.5. The minimum atomic E-state index is -0.903. The van der Waals surface area contributed by atoms with Crippen molar-refractivity contribution in [2.75, 3.05) is 17.7 Å². The normalized spacial score (nSPS) is 11.5. The molecule has 0 aliphatic carbocycles. The van der Waals surface area contributed by atoms with E-state index in [9.17, 15) is 14.7 Å². The second-order valence-corrected chi connectivity index (χ2v) is 8.42. The number of carbonyl (C=O) groups is 2. The second kappa shape index (κ2) is 10.9. The number of ether oxygens (including phenoxy) is 1. The van der Waals surface area contributed by atoms with E-state index in [-0.39, 0.29) is 12.5 Å². The Labute approximate surface area is 190 Å². The molecule has 3 aromatic rings. The van der Waals surface area contributed by atoms with Crippen LogP contribution in [0.4, 0.5) is 5.69 Å². The van der Waals surface area contributed by atoms with Gasteiger partial charge in [0.05, 0.1) is 0 Å². The summed E-state index contributed by atoms with van der Waals surface area (Å²) in [5, 5.41) is 12.9. The van der Waals surface area contributed by atoms with Crippen molar-refractivity contribution < 1.29 is 19.4 Å². The lowest BCUT2D eigenvalue weighted by molar-refractivity contribution is -0.141. The summed E-state index contributed by atoms with van der Waals surface area (Å²) in [6, 6.07) is 22.4. The quantitative estimate of drug-likeness (QED) is 0.396. The van der Waals surface area contributed by atoms with E-state index in [1.807, 2.05) is 48.5 Å². The second-order valence-electron chi connectivity index (χ2n) is 6.89. The third-order valence-electron chi connectivity index (χ3n) is 4.46. The van der Waals surface area contributed by atoms with Gasteiger partial charge in [-0.05, 0) is 59.7 Å². The van der Waals surface area contributed by atoms with Crippen molar-refractivity contribution >= 4 is 40.9 Å². The molecule has 0 bridgehead atoms. The van der Waals surface area contributed by atoms with E-state index in [1.54, 1.807) is 24.3 Å². The number of halogens is 1. The van der Waals surface area contributed by atoms with E-state index in [4.69, 9.17) is 16.3 Å². The molecule has 7 heteroatoms. The Hall–Kier alpha value is -2.96. The smallest absolute Gasteiger partial charge is 0.310 e. The van der Waals surface area contributed by atoms with Gasteiger partial charge < -0.3 is 15.2 Å². The molecule has 0 spiro atoms. The van der Waals surface area contributed by atoms with Crippen LogP contribution in [0.5, 0.6) is 5.75 Å². The molecule has 31 heavy (non-hydrogen) atoms. The molecule has 0 saturated carbocycles. The Morgan fingerprint density at radius 2 is 1.55 bits per heavy atom. The molecule has 0 aliphatic rings. The number of carboxylic acid groups (broad SMARTS) is 1. The molecule has 0 fully saturated rings. The molecular formula is C24H22ClNO4S. The van der Waals surface area contributed by atoms with E-state index in [0.717, 1.165) is 16.0 Å². The number of carbonyl (C=O) groups excluding carboxylic acids is 1. The highest BCUT2D eigenvalue weighted by Crippen LogP contribution is 2.27. The number of amides is 1. The van der Waals surface area contributed by atoms with Crippen LogP contribution in [0.15, 0.2) is 77.7 Å². The molecule has 1 amide bonds. The van der Waals surface area contributed by atoms with Crippen LogP contribution in [0.1, 0.15) is 6.92 Å². The number of anilines is 1. The molecule has 0 saturated heterocycles. The first kappa shape index (κ1) is 22.7. The van der Waals surface area contributed by atoms with E-state index in [0.29, 0.717) is 22.2 Å². The summed E-state index contributed by atoms with van der Waals surface area (Å²) >= 11 is 7.41. The summed E-state index contributed by atoms with van der Waals surface area (Å²) in [7, 11) is 0. The summed E-state index contributed by atoms with van der Waals surface area (Å²) in [5.74, 6) is -0.772. The summed E-state index contributed by atoms with van der Waals surface area (Å²) in [6.07, 6.45) is 0. The highest BCUT2D eigenvalue weighted by molar-refractivity contribution is 7.99. The molecule has 1 atom stereocenters. The number of thioether (sulfide) groups is 1. The number of carboxylic acids is 1. The SMILES string of the molecule is CC(=O)Nc1ccc(OCC(CSc2ccc(-c3ccc(Cl)cc3)cc2)C(=O)O)cc1. The van der Waals surface area contributed by atoms with Gasteiger partial charge in [-0.3, -0.25) is 9.59 Å². The fourth-order valence-electron chi connectivity index (χ4n) is 2.81. The molecular weight excluding hydrogens is 434 g/mol. The Bertz CT molecular complexity index is 1020. The van der Waals surface area contributed by atoms with Crippen LogP contribution in [0, 0.1) is 5.92 Å². The monoisotopic (exact) mass is 455 g/mol. The van der Waals surface area contributed by atoms with Crippen LogP contribution in [-0.2, 0) is 9.59 Å². The van der Waals surface area contributed by atoms with E-state index in [2.05, 4.69) is 5.32 Å². The Morgan fingerprint density at radius 3 is 2.10 bits per heavy atom. The van der Waals surface area contributed by atoms with Crippen LogP contribution in [-0.4, -0.2) is 29.3 Å². The maximum Gasteiger partial charge on any atom is 0.310 e. The zero-order valence-electron chi connectivity index (χ0n) is 16.9. The largest absolute Gasteiger partial charge is 0.493 e. The van der Waals surface area contributed by atoms with Gasteiger partial charge in [0, 0.05) is 28.3 Å². The number of benzene rings is 3. The minimum Gasteiger partial charge on any atom is -0.493 e. The summed E-state index contributed by atoms with van der Waals surface area (Å²) in [4.78, 5) is 23.7. The first-order valence-corrected chi connectivity index (χ1v) is 11.0. The van der Waals surface area contributed by atoms with Crippen molar-refractivity contribution in [1.82, 2.24) is 0 Å². The summed E-state index contributed by atoms with van der Waals surface area (Å²) < 4.78 is 5.65. The van der Waals surface area contributed by atoms with Gasteiger partial charge in [0.25, 0.3) is 0 Å². The van der Waals surface area contributed by atoms with E-state index >= 15 is 0 Å². The van der Waals surface area contributed by atoms with Gasteiger partial charge in [-0.1, -0.05) is 35.9 Å². The fraction of sp³-hybridized carbons (Fsp3) is 0.167. The van der Waals surface area contributed by atoms with Gasteiger partial charge in [-0.2, -0.15) is 0 Å². The molecule has 2 N–H and O–H groups in total. The molecule has 0 radical (unpaired) electrons. The topological polar surface area (TPSA) is 75.6 Å². The van der Waals surface area contributed by atoms with Crippen LogP contribution in [0.25, 0.3) is 11.1 Å². The number of hydrogen-bond donors (Lipinski definition) is 2. The number of nitrogens with one attached hydrogen (secondary N) is 1. The molecule has 0 heterocycles. The highest BCUT2D eigenvalue weighted by Gasteiger charge is 2.19. The molecule has 3 rings (SSSR count). The highest BCUT2D eigenvalue weighted by atomic mass is 35.5. The minimum absolute atomic E-state index is 0.0602. The van der Waals surface area contributed by atoms with Crippen molar-refractivity contribution in [3.8, 4) is 16.9 Å². The molecule has 1 unspecified atom stereocenters. The van der Waals surface area contributed by atoms with Crippen molar-refractivity contribution in [3.63, 3.8) is 0 Å². The first-order valence-electron chi connectivity index (χ1n) is 9.63. The summed E-state index contributed by atoms with van der Waals surface area (Å²) in [5.41, 5.74) is 2.80. The van der Waals surface area contributed by atoms with Gasteiger partial charge in [0.2, 0.25) is 5.91 Å². The lowest BCUT2D eigenvalue weighted by Crippen LogP contribution is -2.23. The lowest BCUT2D eigenvalue weighted by Gasteiger charge is -2.14. The van der Waals surface area contributed by atoms with Crippen LogP contribution in [0.3, 0.4) is 0 Å². The van der Waals surface area contributed by atoms with E-state index in [1.165, 1.54) is 18.7 Å². The van der Waals surface area contributed by atoms with Crippen molar-refractivity contribution in [1.29, 1.82) is 0 Å². The molecule has 3 aromatic carbocycles. The van der Waals surface area contributed by atoms with Crippen molar-refractivity contribution in [3.05, 3.63) is 77.8 Å². The average Bonchev–Trinajstić information content (AvgIpc) is 2.75. The molecule has 5 nitrogen and oxygen atoms in total. The third kappa shape index (κ3) is 7.05. The van der Waals surface area contributed by atoms with Crippen molar-refractivity contribution in [2.24, 2.45) is 5.92 Å². The molecule has 0 aliphatic heterocycles. The maximum atomic E-state index is 11.6. The standard InChI is InChI=1S/C24H22ClNO4S/c1-16(27)26-21-8-10-22(11-9-21)30-14-19(24(28)29)15-31-23-12-4-18(5-13-23)17-2-6-20(25)7-3-17/h2-13,19H,14-15H2,1H3,(H,26,27)(H,28,29). The Kier molecular flexibility index (Phi) is 7.98. The fourth-order valence-corrected chi connectivity index (χ4v) is 3.89. The van der Waals surface area contributed by atoms with Gasteiger partial charge in [0.1, 0.15) is 18.3 Å². The predicted octanol–water partition coefficient (Wildman–Crippen LogP) is 5.84. The van der Waals surface area contributed by atoms with Gasteiger partial charge in [-0.15, -0.1) is 11.8 Å². The Balaban J connectivity index is 1.53. The predicted molar refractivity (Wildman–Crippen MR) is 125 cm³/mol. The average molecular weight is 456 g/mol. The van der Waals surface area contributed by atoms with Crippen LogP contribution < -0.4 is 10.1 Å². The lowest BCUT2D eigenvalue weighted by atomic mass is 10.1. The Morgan fingerprint density at radius 1 is 0.968 bits per heavy atom.